The van der Waals surface area contributed by atoms with Crippen LogP contribution < -0.4 is 11.1 Å². The highest BCUT2D eigenvalue weighted by atomic mass is 79.9. The van der Waals surface area contributed by atoms with Crippen molar-refractivity contribution in [2.45, 2.75) is 39.7 Å². The third kappa shape index (κ3) is 3.30. The van der Waals surface area contributed by atoms with Crippen LogP contribution in [0.3, 0.4) is 0 Å². The molecule has 0 radical (unpaired) electrons. The molecule has 17 heavy (non-hydrogen) atoms. The lowest BCUT2D eigenvalue weighted by molar-refractivity contribution is -0.120. The summed E-state index contributed by atoms with van der Waals surface area (Å²) in [6, 6.07) is 3.86. The van der Waals surface area contributed by atoms with Crippen molar-refractivity contribution in [1.82, 2.24) is 0 Å². The highest BCUT2D eigenvalue weighted by Crippen LogP contribution is 2.25. The largest absolute Gasteiger partial charge is 0.324 e. The molecule has 1 aromatic carbocycles. The highest BCUT2D eigenvalue weighted by Gasteiger charge is 2.26. The minimum Gasteiger partial charge on any atom is -0.324 e. The van der Waals surface area contributed by atoms with E-state index in [9.17, 15) is 4.79 Å². The second-order valence-corrected chi connectivity index (χ2v) is 5.44. The van der Waals surface area contributed by atoms with Gasteiger partial charge in [-0.15, -0.1) is 0 Å². The summed E-state index contributed by atoms with van der Waals surface area (Å²) in [6.45, 7) is 7.63. The average Bonchev–Trinajstić information content (AvgIpc) is 2.25. The molecule has 0 fully saturated rings. The van der Waals surface area contributed by atoms with E-state index >= 15 is 0 Å². The van der Waals surface area contributed by atoms with Crippen LogP contribution in [0.25, 0.3) is 0 Å². The van der Waals surface area contributed by atoms with Crippen molar-refractivity contribution < 1.29 is 4.79 Å². The fourth-order valence-corrected chi connectivity index (χ4v) is 1.68. The molecule has 1 amide bonds. The van der Waals surface area contributed by atoms with Gasteiger partial charge in [-0.2, -0.15) is 0 Å². The number of nitrogens with one attached hydrogen (secondary N) is 1. The summed E-state index contributed by atoms with van der Waals surface area (Å²) in [6.07, 6.45) is 0.604. The Kier molecular flexibility index (Phi) is 4.33. The number of anilines is 1. The smallest absolute Gasteiger partial charge is 0.244 e. The Balaban J connectivity index is 2.94. The lowest BCUT2D eigenvalue weighted by Gasteiger charge is -2.22. The van der Waals surface area contributed by atoms with Crippen molar-refractivity contribution in [3.05, 3.63) is 27.7 Å². The Morgan fingerprint density at radius 2 is 1.88 bits per heavy atom. The third-order valence-corrected chi connectivity index (χ3v) is 4.20. The van der Waals surface area contributed by atoms with Crippen molar-refractivity contribution in [2.24, 2.45) is 5.73 Å². The van der Waals surface area contributed by atoms with Crippen LogP contribution in [0.2, 0.25) is 0 Å². The van der Waals surface area contributed by atoms with E-state index in [1.807, 2.05) is 32.9 Å². The van der Waals surface area contributed by atoms with Gasteiger partial charge in [-0.05, 0) is 50.5 Å². The van der Waals surface area contributed by atoms with Crippen LogP contribution in [-0.4, -0.2) is 11.4 Å². The summed E-state index contributed by atoms with van der Waals surface area (Å²) >= 11 is 3.50. The monoisotopic (exact) mass is 298 g/mol. The van der Waals surface area contributed by atoms with E-state index < -0.39 is 5.54 Å². The van der Waals surface area contributed by atoms with Gasteiger partial charge in [0, 0.05) is 10.2 Å². The summed E-state index contributed by atoms with van der Waals surface area (Å²) in [7, 11) is 0. The van der Waals surface area contributed by atoms with Gasteiger partial charge in [0.15, 0.2) is 0 Å². The van der Waals surface area contributed by atoms with Gasteiger partial charge < -0.3 is 11.1 Å². The number of carbonyl (C=O) groups is 1. The van der Waals surface area contributed by atoms with Crippen LogP contribution in [0.4, 0.5) is 5.69 Å². The molecule has 4 heteroatoms. The first-order valence-corrected chi connectivity index (χ1v) is 6.44. The summed E-state index contributed by atoms with van der Waals surface area (Å²) in [5, 5.41) is 2.86. The zero-order valence-electron chi connectivity index (χ0n) is 10.7. The van der Waals surface area contributed by atoms with Gasteiger partial charge in [-0.1, -0.05) is 22.9 Å². The van der Waals surface area contributed by atoms with Gasteiger partial charge in [0.2, 0.25) is 5.91 Å². The normalized spacial score (nSPS) is 14.2. The Labute approximate surface area is 111 Å². The average molecular weight is 299 g/mol. The Morgan fingerprint density at radius 3 is 2.29 bits per heavy atom. The van der Waals surface area contributed by atoms with E-state index in [1.54, 1.807) is 6.92 Å². The van der Waals surface area contributed by atoms with Crippen molar-refractivity contribution in [3.63, 3.8) is 0 Å². The number of carbonyl (C=O) groups excluding carboxylic acids is 1. The summed E-state index contributed by atoms with van der Waals surface area (Å²) in [5.74, 6) is -0.152. The van der Waals surface area contributed by atoms with Crippen LogP contribution in [0.1, 0.15) is 31.4 Å². The molecule has 0 aliphatic rings. The summed E-state index contributed by atoms with van der Waals surface area (Å²) in [4.78, 5) is 11.9. The van der Waals surface area contributed by atoms with Gasteiger partial charge in [0.1, 0.15) is 0 Å². The Morgan fingerprint density at radius 1 is 1.41 bits per heavy atom. The molecule has 0 saturated heterocycles. The molecule has 1 unspecified atom stereocenters. The first-order chi connectivity index (χ1) is 7.77. The van der Waals surface area contributed by atoms with Gasteiger partial charge in [0.25, 0.3) is 0 Å². The second kappa shape index (κ2) is 5.19. The number of amides is 1. The molecular formula is C13H19BrN2O. The molecule has 0 saturated carbocycles. The maximum absolute atomic E-state index is 11.9. The molecule has 94 valence electrons. The Bertz CT molecular complexity index is 418. The van der Waals surface area contributed by atoms with Crippen LogP contribution >= 0.6 is 15.9 Å². The highest BCUT2D eigenvalue weighted by molar-refractivity contribution is 9.10. The second-order valence-electron chi connectivity index (χ2n) is 4.65. The third-order valence-electron chi connectivity index (χ3n) is 2.95. The number of benzene rings is 1. The number of hydrogen-bond acceptors (Lipinski definition) is 2. The lowest BCUT2D eigenvalue weighted by atomic mass is 9.99. The number of aryl methyl sites for hydroxylation is 2. The van der Waals surface area contributed by atoms with Gasteiger partial charge in [0.05, 0.1) is 5.54 Å². The number of halogens is 1. The van der Waals surface area contributed by atoms with Gasteiger partial charge in [-0.3, -0.25) is 4.79 Å². The van der Waals surface area contributed by atoms with E-state index in [0.717, 1.165) is 21.3 Å². The molecule has 1 aromatic rings. The van der Waals surface area contributed by atoms with E-state index in [1.165, 1.54) is 0 Å². The van der Waals surface area contributed by atoms with Crippen molar-refractivity contribution in [3.8, 4) is 0 Å². The van der Waals surface area contributed by atoms with E-state index in [4.69, 9.17) is 5.73 Å². The number of rotatable bonds is 3. The van der Waals surface area contributed by atoms with Crippen LogP contribution in [0, 0.1) is 13.8 Å². The van der Waals surface area contributed by atoms with Gasteiger partial charge in [-0.25, -0.2) is 0 Å². The molecule has 0 spiro atoms. The van der Waals surface area contributed by atoms with E-state index in [-0.39, 0.29) is 5.91 Å². The molecule has 0 aromatic heterocycles. The topological polar surface area (TPSA) is 55.1 Å². The first kappa shape index (κ1) is 14.2. The summed E-state index contributed by atoms with van der Waals surface area (Å²) < 4.78 is 1.07. The molecule has 3 N–H and O–H groups in total. The van der Waals surface area contributed by atoms with Crippen molar-refractivity contribution in [2.75, 3.05) is 5.32 Å². The molecule has 0 bridgehead atoms. The molecule has 3 nitrogen and oxygen atoms in total. The molecule has 0 heterocycles. The predicted molar refractivity (Wildman–Crippen MR) is 75.1 cm³/mol. The maximum atomic E-state index is 11.9. The summed E-state index contributed by atoms with van der Waals surface area (Å²) in [5.41, 5.74) is 8.04. The molecular weight excluding hydrogens is 280 g/mol. The maximum Gasteiger partial charge on any atom is 0.244 e. The quantitative estimate of drug-likeness (QED) is 0.901. The van der Waals surface area contributed by atoms with Crippen LogP contribution in [0.15, 0.2) is 16.6 Å². The molecule has 0 aliphatic carbocycles. The Hall–Kier alpha value is -0.870. The van der Waals surface area contributed by atoms with Crippen molar-refractivity contribution in [1.29, 1.82) is 0 Å². The van der Waals surface area contributed by atoms with E-state index in [2.05, 4.69) is 21.2 Å². The number of hydrogen-bond donors (Lipinski definition) is 2. The van der Waals surface area contributed by atoms with Crippen molar-refractivity contribution >= 4 is 27.5 Å². The zero-order chi connectivity index (χ0) is 13.2. The minimum atomic E-state index is -0.825. The fraction of sp³-hybridized carbons (Fsp3) is 0.462. The lowest BCUT2D eigenvalue weighted by Crippen LogP contribution is -2.47. The molecule has 1 rings (SSSR count). The molecule has 0 aliphatic heterocycles. The van der Waals surface area contributed by atoms with E-state index in [0.29, 0.717) is 6.42 Å². The standard InChI is InChI=1S/C13H19BrN2O/c1-5-13(4,15)12(17)16-10-6-8(2)11(14)9(3)7-10/h6-7H,5,15H2,1-4H3,(H,16,17). The molecule has 1 atom stereocenters. The van der Waals surface area contributed by atoms with Gasteiger partial charge >= 0.3 is 0 Å². The fourth-order valence-electron chi connectivity index (χ4n) is 1.45. The SMILES string of the molecule is CCC(C)(N)C(=O)Nc1cc(C)c(Br)c(C)c1. The zero-order valence-corrected chi connectivity index (χ0v) is 12.3. The number of nitrogens with two attached hydrogens (primary N) is 1. The first-order valence-electron chi connectivity index (χ1n) is 5.65. The predicted octanol–water partition coefficient (Wildman–Crippen LogP) is 3.13. The van der Waals surface area contributed by atoms with Crippen LogP contribution in [0.5, 0.6) is 0 Å². The minimum absolute atomic E-state index is 0.152. The van der Waals surface area contributed by atoms with Crippen LogP contribution in [-0.2, 0) is 4.79 Å².